The zero-order valence-electron chi connectivity index (χ0n) is 13.7. The van der Waals surface area contributed by atoms with E-state index in [-0.39, 0.29) is 12.2 Å². The molecule has 0 radical (unpaired) electrons. The van der Waals surface area contributed by atoms with E-state index in [0.29, 0.717) is 25.0 Å². The molecule has 0 fully saturated rings. The van der Waals surface area contributed by atoms with Crippen LogP contribution in [0.5, 0.6) is 5.75 Å². The van der Waals surface area contributed by atoms with Gasteiger partial charge < -0.3 is 0 Å². The van der Waals surface area contributed by atoms with Crippen LogP contribution in [0.3, 0.4) is 0 Å². The van der Waals surface area contributed by atoms with Crippen molar-refractivity contribution in [2.45, 2.75) is 6.92 Å². The molecule has 0 aliphatic carbocycles. The number of para-hydroxylation sites is 1. The molecule has 3 rings (SSSR count). The first-order chi connectivity index (χ1) is 12.5. The van der Waals surface area contributed by atoms with Crippen LogP contribution in [0.4, 0.5) is 4.39 Å². The summed E-state index contributed by atoms with van der Waals surface area (Å²) in [6, 6.07) is 9.39. The Morgan fingerprint density at radius 1 is 1.23 bits per heavy atom. The van der Waals surface area contributed by atoms with Crippen LogP contribution in [0.15, 0.2) is 49.3 Å². The van der Waals surface area contributed by atoms with Crippen LogP contribution < -0.4 is 8.06 Å². The third-order valence-electron chi connectivity index (χ3n) is 3.64. The minimum atomic E-state index is -2.90. The van der Waals surface area contributed by atoms with Gasteiger partial charge in [-0.05, 0) is 0 Å². The summed E-state index contributed by atoms with van der Waals surface area (Å²) in [5.74, 6) is -0.322. The van der Waals surface area contributed by atoms with Crippen molar-refractivity contribution in [1.82, 2.24) is 0 Å². The van der Waals surface area contributed by atoms with Crippen LogP contribution >= 0.6 is 23.2 Å². The van der Waals surface area contributed by atoms with Crippen molar-refractivity contribution in [3.63, 3.8) is 0 Å². The molecule has 132 valence electrons. The summed E-state index contributed by atoms with van der Waals surface area (Å²) < 4.78 is 31.9. The van der Waals surface area contributed by atoms with Gasteiger partial charge in [-0.25, -0.2) is 0 Å². The third kappa shape index (κ3) is 4.24. The third-order valence-corrected chi connectivity index (χ3v) is 10.5. The Morgan fingerprint density at radius 3 is 2.62 bits per heavy atom. The SMILES string of the molecule is CCOC(=O)c1cc[c]([In]2[CH]=CC(Oc3c(Cl)cccc3Cl)=[N]2)c(F)c1. The van der Waals surface area contributed by atoms with E-state index in [9.17, 15) is 9.18 Å². The Morgan fingerprint density at radius 2 is 1.96 bits per heavy atom. The fourth-order valence-electron chi connectivity index (χ4n) is 2.42. The molecule has 0 aromatic heterocycles. The van der Waals surface area contributed by atoms with Gasteiger partial charge in [0.15, 0.2) is 0 Å². The van der Waals surface area contributed by atoms with Crippen LogP contribution in [-0.4, -0.2) is 40.2 Å². The van der Waals surface area contributed by atoms with Crippen molar-refractivity contribution in [3.8, 4) is 5.75 Å². The van der Waals surface area contributed by atoms with Gasteiger partial charge in [0.25, 0.3) is 0 Å². The fraction of sp³-hybridized carbons (Fsp3) is 0.111. The number of hydrogen-bond acceptors (Lipinski definition) is 4. The van der Waals surface area contributed by atoms with E-state index in [1.165, 1.54) is 6.07 Å². The fourth-order valence-corrected chi connectivity index (χ4v) is 8.18. The number of esters is 1. The van der Waals surface area contributed by atoms with Gasteiger partial charge in [0.2, 0.25) is 0 Å². The molecule has 4 nitrogen and oxygen atoms in total. The number of carbonyl (C=O) groups excluding carboxylic acids is 1. The molecule has 0 bridgehead atoms. The number of nitrogens with zero attached hydrogens (tertiary/aromatic N) is 1. The summed E-state index contributed by atoms with van der Waals surface area (Å²) >= 11 is 9.27. The predicted octanol–water partition coefficient (Wildman–Crippen LogP) is 4.09. The van der Waals surface area contributed by atoms with Crippen molar-refractivity contribution in [3.05, 3.63) is 67.7 Å². The van der Waals surface area contributed by atoms with Crippen molar-refractivity contribution in [1.29, 1.82) is 0 Å². The first kappa shape index (κ1) is 19.3. The number of rotatable bonds is 4. The summed E-state index contributed by atoms with van der Waals surface area (Å²) in [7, 11) is 0. The van der Waals surface area contributed by atoms with Gasteiger partial charge in [0, 0.05) is 0 Å². The average Bonchev–Trinajstić information content (AvgIpc) is 3.07. The van der Waals surface area contributed by atoms with E-state index in [1.807, 2.05) is 3.83 Å². The topological polar surface area (TPSA) is 47.9 Å². The minimum absolute atomic E-state index is 0.185. The number of ether oxygens (including phenoxy) is 2. The van der Waals surface area contributed by atoms with E-state index in [2.05, 4.69) is 2.98 Å². The van der Waals surface area contributed by atoms with Crippen LogP contribution in [0.25, 0.3) is 0 Å². The number of halogens is 3. The van der Waals surface area contributed by atoms with Gasteiger partial charge in [-0.1, -0.05) is 0 Å². The Balaban J connectivity index is 1.80. The van der Waals surface area contributed by atoms with Gasteiger partial charge in [0.1, 0.15) is 0 Å². The zero-order chi connectivity index (χ0) is 18.7. The molecule has 0 saturated carbocycles. The summed E-state index contributed by atoms with van der Waals surface area (Å²) in [5, 5.41) is 0.745. The summed E-state index contributed by atoms with van der Waals surface area (Å²) in [4.78, 5) is 11.7. The molecule has 0 N–H and O–H groups in total. The van der Waals surface area contributed by atoms with Crippen molar-refractivity contribution >= 4 is 60.1 Å². The maximum atomic E-state index is 14.4. The zero-order valence-corrected chi connectivity index (χ0v) is 18.5. The van der Waals surface area contributed by atoms with Gasteiger partial charge in [-0.3, -0.25) is 0 Å². The molecule has 0 unspecified atom stereocenters. The van der Waals surface area contributed by atoms with E-state index in [4.69, 9.17) is 32.7 Å². The quantitative estimate of drug-likeness (QED) is 0.600. The molecular formula is C18H13Cl2FInNO3. The van der Waals surface area contributed by atoms with E-state index in [0.717, 1.165) is 0 Å². The van der Waals surface area contributed by atoms with Crippen LogP contribution in [0.1, 0.15) is 17.3 Å². The van der Waals surface area contributed by atoms with Gasteiger partial charge in [0.05, 0.1) is 0 Å². The van der Waals surface area contributed by atoms with Crippen molar-refractivity contribution in [2.24, 2.45) is 2.98 Å². The van der Waals surface area contributed by atoms with Gasteiger partial charge >= 0.3 is 169 Å². The summed E-state index contributed by atoms with van der Waals surface area (Å²) in [6.45, 7) is 1.94. The van der Waals surface area contributed by atoms with E-state index >= 15 is 0 Å². The molecule has 0 spiro atoms. The Hall–Kier alpha value is -1.50. The second-order valence-electron chi connectivity index (χ2n) is 5.38. The summed E-state index contributed by atoms with van der Waals surface area (Å²) in [6.07, 6.45) is 1.71. The molecule has 0 amide bonds. The summed E-state index contributed by atoms with van der Waals surface area (Å²) in [5.41, 5.74) is 0.185. The number of benzene rings is 2. The first-order valence-electron chi connectivity index (χ1n) is 7.84. The van der Waals surface area contributed by atoms with Crippen LogP contribution in [0.2, 0.25) is 10.0 Å². The first-order valence-corrected chi connectivity index (χ1v) is 13.6. The normalized spacial score (nSPS) is 12.9. The molecule has 0 atom stereocenters. The monoisotopic (exact) mass is 495 g/mol. The van der Waals surface area contributed by atoms with Crippen molar-refractivity contribution < 1.29 is 18.7 Å². The molecule has 2 aromatic rings. The van der Waals surface area contributed by atoms with Crippen molar-refractivity contribution in [2.75, 3.05) is 6.61 Å². The molecular weight excluding hydrogens is 483 g/mol. The Bertz CT molecular complexity index is 897. The molecule has 1 heterocycles. The Labute approximate surface area is 168 Å². The number of carbonyl (C=O) groups is 1. The molecule has 0 saturated heterocycles. The molecule has 2 aromatic carbocycles. The van der Waals surface area contributed by atoms with E-state index < -0.39 is 33.5 Å². The maximum absolute atomic E-state index is 14.4. The number of hydrogen-bond donors (Lipinski definition) is 0. The van der Waals surface area contributed by atoms with E-state index in [1.54, 1.807) is 43.3 Å². The standard InChI is InChI=1S/C9H5Cl2NO.C9H8FO2.In/c1-2-8(12)13-9-6(10)4-3-5-7(9)11;1-2-12-9(11)7-4-3-5-8(10)6-7;/h1-5H;3-4,6H,2H2,1H3;/q-1;;+1. The molecule has 8 heteroatoms. The molecule has 1 aliphatic rings. The Kier molecular flexibility index (Phi) is 6.27. The molecule has 26 heavy (non-hydrogen) atoms. The molecule has 1 aliphatic heterocycles. The average molecular weight is 496 g/mol. The van der Waals surface area contributed by atoms with Crippen LogP contribution in [0, 0.1) is 5.82 Å². The second-order valence-corrected chi connectivity index (χ2v) is 12.3. The van der Waals surface area contributed by atoms with Gasteiger partial charge in [-0.15, -0.1) is 0 Å². The van der Waals surface area contributed by atoms with Gasteiger partial charge in [-0.2, -0.15) is 0 Å². The second kappa shape index (κ2) is 8.46. The predicted molar refractivity (Wildman–Crippen MR) is 101 cm³/mol. The van der Waals surface area contributed by atoms with Crippen LogP contribution in [-0.2, 0) is 4.74 Å².